The number of Topliss-reactive ketones (excluding diaryl/α,β-unsaturated/α-hetero) is 1. The van der Waals surface area contributed by atoms with E-state index >= 15 is 0 Å². The van der Waals surface area contributed by atoms with E-state index in [0.29, 0.717) is 23.3 Å². The standard InChI is InChI=1S/C14H16ClNO/c1-16-6-5-9-7-13(17)14-10(11(9)8-16)3-2-4-12(14)15/h2-4,9,11H,5-8H2,1H3. The van der Waals surface area contributed by atoms with Crippen LogP contribution in [0.15, 0.2) is 18.2 Å². The Balaban J connectivity index is 2.08. The highest BCUT2D eigenvalue weighted by Crippen LogP contribution is 2.42. The van der Waals surface area contributed by atoms with E-state index in [-0.39, 0.29) is 5.78 Å². The van der Waals surface area contributed by atoms with Gasteiger partial charge in [-0.05, 0) is 37.6 Å². The summed E-state index contributed by atoms with van der Waals surface area (Å²) in [5, 5.41) is 0.624. The second-order valence-corrected chi connectivity index (χ2v) is 5.66. The SMILES string of the molecule is CN1CCC2CC(=O)c3c(Cl)cccc3C2C1. The summed E-state index contributed by atoms with van der Waals surface area (Å²) < 4.78 is 0. The van der Waals surface area contributed by atoms with Crippen LogP contribution < -0.4 is 0 Å². The number of piperidine rings is 1. The van der Waals surface area contributed by atoms with Crippen molar-refractivity contribution in [3.63, 3.8) is 0 Å². The molecule has 2 atom stereocenters. The Morgan fingerprint density at radius 2 is 2.24 bits per heavy atom. The third-order valence-electron chi connectivity index (χ3n) is 4.13. The van der Waals surface area contributed by atoms with Gasteiger partial charge in [-0.1, -0.05) is 23.7 Å². The predicted molar refractivity (Wildman–Crippen MR) is 68.7 cm³/mol. The molecule has 0 spiro atoms. The largest absolute Gasteiger partial charge is 0.306 e. The molecule has 0 aromatic heterocycles. The first-order valence-corrected chi connectivity index (χ1v) is 6.55. The number of halogens is 1. The number of likely N-dealkylation sites (N-methyl/N-ethyl adjacent to an activating group) is 1. The molecule has 3 heteroatoms. The van der Waals surface area contributed by atoms with E-state index in [2.05, 4.69) is 18.0 Å². The molecular formula is C14H16ClNO. The molecule has 0 bridgehead atoms. The third kappa shape index (κ3) is 1.80. The van der Waals surface area contributed by atoms with Crippen LogP contribution in [0.3, 0.4) is 0 Å². The highest BCUT2D eigenvalue weighted by atomic mass is 35.5. The molecule has 1 aromatic rings. The number of hydrogen-bond donors (Lipinski definition) is 0. The molecule has 2 unspecified atom stereocenters. The second-order valence-electron chi connectivity index (χ2n) is 5.25. The molecule has 0 amide bonds. The zero-order chi connectivity index (χ0) is 12.0. The van der Waals surface area contributed by atoms with Gasteiger partial charge in [0.25, 0.3) is 0 Å². The highest BCUT2D eigenvalue weighted by molar-refractivity contribution is 6.34. The summed E-state index contributed by atoms with van der Waals surface area (Å²) in [5.74, 6) is 1.24. The van der Waals surface area contributed by atoms with Crippen molar-refractivity contribution in [1.29, 1.82) is 0 Å². The first-order chi connectivity index (χ1) is 8.16. The average Bonchev–Trinajstić information content (AvgIpc) is 2.30. The summed E-state index contributed by atoms with van der Waals surface area (Å²) in [4.78, 5) is 14.5. The number of benzene rings is 1. The van der Waals surface area contributed by atoms with Crippen molar-refractivity contribution >= 4 is 17.4 Å². The summed E-state index contributed by atoms with van der Waals surface area (Å²) in [6.45, 7) is 2.15. The fourth-order valence-corrected chi connectivity index (χ4v) is 3.53. The van der Waals surface area contributed by atoms with E-state index in [1.165, 1.54) is 5.56 Å². The van der Waals surface area contributed by atoms with Crippen LogP contribution >= 0.6 is 11.6 Å². The van der Waals surface area contributed by atoms with Crippen molar-refractivity contribution in [2.45, 2.75) is 18.8 Å². The molecule has 1 fully saturated rings. The summed E-state index contributed by atoms with van der Waals surface area (Å²) in [6.07, 6.45) is 1.80. The van der Waals surface area contributed by atoms with Crippen LogP contribution in [-0.4, -0.2) is 30.8 Å². The van der Waals surface area contributed by atoms with Crippen molar-refractivity contribution < 1.29 is 4.79 Å². The number of likely N-dealkylation sites (tertiary alicyclic amines) is 1. The molecule has 0 radical (unpaired) electrons. The maximum absolute atomic E-state index is 12.1. The first-order valence-electron chi connectivity index (χ1n) is 6.17. The third-order valence-corrected chi connectivity index (χ3v) is 4.45. The zero-order valence-electron chi connectivity index (χ0n) is 9.95. The Labute approximate surface area is 107 Å². The molecule has 1 aliphatic carbocycles. The normalized spacial score (nSPS) is 28.7. The minimum atomic E-state index is 0.233. The lowest BCUT2D eigenvalue weighted by atomic mass is 9.71. The van der Waals surface area contributed by atoms with Gasteiger partial charge in [-0.15, -0.1) is 0 Å². The molecule has 2 aliphatic rings. The Morgan fingerprint density at radius 3 is 3.06 bits per heavy atom. The summed E-state index contributed by atoms with van der Waals surface area (Å²) >= 11 is 6.17. The van der Waals surface area contributed by atoms with Crippen LogP contribution in [0.2, 0.25) is 5.02 Å². The van der Waals surface area contributed by atoms with E-state index in [9.17, 15) is 4.79 Å². The van der Waals surface area contributed by atoms with Gasteiger partial charge >= 0.3 is 0 Å². The van der Waals surface area contributed by atoms with Gasteiger partial charge in [-0.25, -0.2) is 0 Å². The molecule has 0 N–H and O–H groups in total. The van der Waals surface area contributed by atoms with Gasteiger partial charge in [0.05, 0.1) is 5.02 Å². The number of rotatable bonds is 0. The van der Waals surface area contributed by atoms with Crippen LogP contribution in [0.4, 0.5) is 0 Å². The van der Waals surface area contributed by atoms with Crippen molar-refractivity contribution in [2.75, 3.05) is 20.1 Å². The van der Waals surface area contributed by atoms with Crippen LogP contribution in [0.5, 0.6) is 0 Å². The summed E-state index contributed by atoms with van der Waals surface area (Å²) in [5.41, 5.74) is 1.95. The van der Waals surface area contributed by atoms with Gasteiger partial charge in [0.15, 0.2) is 5.78 Å². The Morgan fingerprint density at radius 1 is 1.41 bits per heavy atom. The minimum absolute atomic E-state index is 0.233. The molecule has 1 aliphatic heterocycles. The van der Waals surface area contributed by atoms with Gasteiger partial charge in [-0.3, -0.25) is 4.79 Å². The Bertz CT molecular complexity index is 471. The Hall–Kier alpha value is -0.860. The molecule has 90 valence electrons. The smallest absolute Gasteiger partial charge is 0.164 e. The molecule has 1 aromatic carbocycles. The topological polar surface area (TPSA) is 20.3 Å². The van der Waals surface area contributed by atoms with Gasteiger partial charge in [-0.2, -0.15) is 0 Å². The molecule has 17 heavy (non-hydrogen) atoms. The van der Waals surface area contributed by atoms with Gasteiger partial charge in [0, 0.05) is 24.4 Å². The maximum atomic E-state index is 12.1. The van der Waals surface area contributed by atoms with E-state index < -0.39 is 0 Å². The van der Waals surface area contributed by atoms with E-state index in [1.54, 1.807) is 0 Å². The molecule has 1 saturated heterocycles. The molecule has 2 nitrogen and oxygen atoms in total. The lowest BCUT2D eigenvalue weighted by Crippen LogP contribution is -2.40. The fourth-order valence-electron chi connectivity index (χ4n) is 3.24. The molecule has 1 heterocycles. The molecular weight excluding hydrogens is 234 g/mol. The van der Waals surface area contributed by atoms with Crippen molar-refractivity contribution in [3.8, 4) is 0 Å². The average molecular weight is 250 g/mol. The quantitative estimate of drug-likeness (QED) is 0.705. The van der Waals surface area contributed by atoms with Crippen molar-refractivity contribution in [3.05, 3.63) is 34.3 Å². The van der Waals surface area contributed by atoms with E-state index in [4.69, 9.17) is 11.6 Å². The highest BCUT2D eigenvalue weighted by Gasteiger charge is 2.37. The summed E-state index contributed by atoms with van der Waals surface area (Å²) in [7, 11) is 2.15. The monoisotopic (exact) mass is 249 g/mol. The predicted octanol–water partition coefficient (Wildman–Crippen LogP) is 2.96. The van der Waals surface area contributed by atoms with Crippen molar-refractivity contribution in [1.82, 2.24) is 4.90 Å². The number of fused-ring (bicyclic) bond motifs is 3. The fraction of sp³-hybridized carbons (Fsp3) is 0.500. The zero-order valence-corrected chi connectivity index (χ0v) is 10.7. The van der Waals surface area contributed by atoms with Crippen molar-refractivity contribution in [2.24, 2.45) is 5.92 Å². The van der Waals surface area contributed by atoms with Crippen LogP contribution in [0.1, 0.15) is 34.7 Å². The van der Waals surface area contributed by atoms with E-state index in [0.717, 1.165) is 25.1 Å². The van der Waals surface area contributed by atoms with E-state index in [1.807, 2.05) is 12.1 Å². The molecule has 3 rings (SSSR count). The first kappa shape index (κ1) is 11.2. The maximum Gasteiger partial charge on any atom is 0.164 e. The minimum Gasteiger partial charge on any atom is -0.306 e. The lowest BCUT2D eigenvalue weighted by Gasteiger charge is -2.40. The molecule has 0 saturated carbocycles. The number of hydrogen-bond acceptors (Lipinski definition) is 2. The number of carbonyl (C=O) groups is 1. The number of ketones is 1. The van der Waals surface area contributed by atoms with Crippen LogP contribution in [0, 0.1) is 5.92 Å². The lowest BCUT2D eigenvalue weighted by molar-refractivity contribution is 0.0887. The summed E-state index contributed by atoms with van der Waals surface area (Å²) in [6, 6.07) is 5.87. The van der Waals surface area contributed by atoms with Crippen LogP contribution in [0.25, 0.3) is 0 Å². The number of nitrogens with zero attached hydrogens (tertiary/aromatic N) is 1. The Kier molecular flexibility index (Phi) is 2.72. The number of carbonyl (C=O) groups excluding carboxylic acids is 1. The van der Waals surface area contributed by atoms with Gasteiger partial charge in [0.2, 0.25) is 0 Å². The van der Waals surface area contributed by atoms with Gasteiger partial charge in [0.1, 0.15) is 0 Å². The van der Waals surface area contributed by atoms with Gasteiger partial charge < -0.3 is 4.90 Å². The second kappa shape index (κ2) is 4.11. The van der Waals surface area contributed by atoms with Crippen LogP contribution in [-0.2, 0) is 0 Å².